The number of hydrogen-bond donors (Lipinski definition) is 2. The number of rotatable bonds is 2. The monoisotopic (exact) mass is 269 g/mol. The Labute approximate surface area is 96.4 Å². The van der Waals surface area contributed by atoms with E-state index >= 15 is 0 Å². The largest absolute Gasteiger partial charge is 0.396 e. The number of carbonyl (C=O) groups is 1. The molecule has 0 aliphatic carbocycles. The lowest BCUT2D eigenvalue weighted by Gasteiger charge is -2.41. The molecule has 4 nitrogen and oxygen atoms in total. The third kappa shape index (κ3) is 1.67. The maximum absolute atomic E-state index is 11.1. The van der Waals surface area contributed by atoms with E-state index in [4.69, 9.17) is 11.5 Å². The molecule has 0 radical (unpaired) electrons. The summed E-state index contributed by atoms with van der Waals surface area (Å²) in [5, 5.41) is 0. The summed E-state index contributed by atoms with van der Waals surface area (Å²) in [5.41, 5.74) is 12.7. The first-order chi connectivity index (χ1) is 7.11. The summed E-state index contributed by atoms with van der Waals surface area (Å²) >= 11 is 3.36. The number of nitrogens with two attached hydrogens (primary N) is 2. The molecule has 15 heavy (non-hydrogen) atoms. The van der Waals surface area contributed by atoms with Crippen LogP contribution in [0.2, 0.25) is 0 Å². The standard InChI is InChI=1S/C10H12BrN3O/c11-6-2-1-3-7(9(6)12)14-5-4-8(14)10(13)15/h1-3,8H,4-5,12H2,(H2,13,15). The van der Waals surface area contributed by atoms with Crippen LogP contribution in [0.15, 0.2) is 22.7 Å². The highest BCUT2D eigenvalue weighted by Gasteiger charge is 2.33. The number of amides is 1. The van der Waals surface area contributed by atoms with Gasteiger partial charge >= 0.3 is 0 Å². The van der Waals surface area contributed by atoms with Crippen LogP contribution in [0.1, 0.15) is 6.42 Å². The molecule has 0 saturated carbocycles. The molecule has 2 rings (SSSR count). The molecular weight excluding hydrogens is 258 g/mol. The van der Waals surface area contributed by atoms with Gasteiger partial charge in [-0.15, -0.1) is 0 Å². The molecule has 1 amide bonds. The normalized spacial score (nSPS) is 19.8. The molecule has 1 atom stereocenters. The zero-order valence-corrected chi connectivity index (χ0v) is 9.70. The Morgan fingerprint density at radius 2 is 2.27 bits per heavy atom. The number of primary amides is 1. The molecular formula is C10H12BrN3O. The maximum Gasteiger partial charge on any atom is 0.240 e. The van der Waals surface area contributed by atoms with Gasteiger partial charge in [-0.3, -0.25) is 4.79 Å². The third-order valence-electron chi connectivity index (χ3n) is 2.69. The molecule has 80 valence electrons. The Morgan fingerprint density at radius 1 is 1.53 bits per heavy atom. The first-order valence-corrected chi connectivity index (χ1v) is 5.50. The molecule has 0 bridgehead atoms. The minimum Gasteiger partial charge on any atom is -0.396 e. The number of para-hydroxylation sites is 1. The van der Waals surface area contributed by atoms with Crippen molar-refractivity contribution in [2.75, 3.05) is 17.2 Å². The van der Waals surface area contributed by atoms with Crippen molar-refractivity contribution >= 4 is 33.2 Å². The number of anilines is 2. The molecule has 1 saturated heterocycles. The van der Waals surface area contributed by atoms with Gasteiger partial charge in [-0.05, 0) is 34.5 Å². The molecule has 0 spiro atoms. The van der Waals surface area contributed by atoms with Gasteiger partial charge in [0.05, 0.1) is 11.4 Å². The second-order valence-electron chi connectivity index (χ2n) is 3.57. The first kappa shape index (κ1) is 10.3. The molecule has 1 aliphatic heterocycles. The van der Waals surface area contributed by atoms with Gasteiger partial charge in [0, 0.05) is 11.0 Å². The Morgan fingerprint density at radius 3 is 2.80 bits per heavy atom. The molecule has 1 unspecified atom stereocenters. The van der Waals surface area contributed by atoms with E-state index in [-0.39, 0.29) is 11.9 Å². The van der Waals surface area contributed by atoms with Crippen molar-refractivity contribution in [3.8, 4) is 0 Å². The smallest absolute Gasteiger partial charge is 0.240 e. The number of benzene rings is 1. The van der Waals surface area contributed by atoms with Crippen molar-refractivity contribution in [2.24, 2.45) is 5.73 Å². The zero-order chi connectivity index (χ0) is 11.0. The van der Waals surface area contributed by atoms with Crippen LogP contribution < -0.4 is 16.4 Å². The van der Waals surface area contributed by atoms with E-state index in [2.05, 4.69) is 15.9 Å². The van der Waals surface area contributed by atoms with Gasteiger partial charge < -0.3 is 16.4 Å². The fraction of sp³-hybridized carbons (Fsp3) is 0.300. The lowest BCUT2D eigenvalue weighted by molar-refractivity contribution is -0.120. The summed E-state index contributed by atoms with van der Waals surface area (Å²) in [7, 11) is 0. The van der Waals surface area contributed by atoms with Crippen LogP contribution in [0, 0.1) is 0 Å². The van der Waals surface area contributed by atoms with Crippen LogP contribution in [0.3, 0.4) is 0 Å². The van der Waals surface area contributed by atoms with E-state index in [1.54, 1.807) is 0 Å². The minimum atomic E-state index is -0.291. The van der Waals surface area contributed by atoms with E-state index in [0.717, 1.165) is 23.1 Å². The molecule has 5 heteroatoms. The topological polar surface area (TPSA) is 72.4 Å². The molecule has 1 heterocycles. The van der Waals surface area contributed by atoms with Crippen LogP contribution in [-0.4, -0.2) is 18.5 Å². The number of carbonyl (C=O) groups excluding carboxylic acids is 1. The van der Waals surface area contributed by atoms with Gasteiger partial charge in [0.25, 0.3) is 0 Å². The highest BCUT2D eigenvalue weighted by Crippen LogP contribution is 2.35. The van der Waals surface area contributed by atoms with Crippen molar-refractivity contribution in [1.82, 2.24) is 0 Å². The summed E-state index contributed by atoms with van der Waals surface area (Å²) in [6, 6.07) is 5.46. The van der Waals surface area contributed by atoms with Crippen molar-refractivity contribution in [3.05, 3.63) is 22.7 Å². The van der Waals surface area contributed by atoms with E-state index in [0.29, 0.717) is 5.69 Å². The van der Waals surface area contributed by atoms with Crippen molar-refractivity contribution in [1.29, 1.82) is 0 Å². The number of nitrogen functional groups attached to an aromatic ring is 1. The second-order valence-corrected chi connectivity index (χ2v) is 4.43. The molecule has 1 aliphatic rings. The van der Waals surface area contributed by atoms with Gasteiger partial charge in [-0.2, -0.15) is 0 Å². The van der Waals surface area contributed by atoms with E-state index in [9.17, 15) is 4.79 Å². The third-order valence-corrected chi connectivity index (χ3v) is 3.38. The number of nitrogens with zero attached hydrogens (tertiary/aromatic N) is 1. The van der Waals surface area contributed by atoms with Gasteiger partial charge in [0.15, 0.2) is 0 Å². The highest BCUT2D eigenvalue weighted by atomic mass is 79.9. The van der Waals surface area contributed by atoms with Crippen LogP contribution in [0.25, 0.3) is 0 Å². The van der Waals surface area contributed by atoms with E-state index < -0.39 is 0 Å². The van der Waals surface area contributed by atoms with Crippen LogP contribution >= 0.6 is 15.9 Å². The molecule has 0 aromatic heterocycles. The molecule has 1 aromatic rings. The summed E-state index contributed by atoms with van der Waals surface area (Å²) in [6.45, 7) is 0.828. The Hall–Kier alpha value is -1.23. The van der Waals surface area contributed by atoms with Gasteiger partial charge in [-0.25, -0.2) is 0 Å². The summed E-state index contributed by atoms with van der Waals surface area (Å²) in [5.74, 6) is -0.291. The minimum absolute atomic E-state index is 0.207. The lowest BCUT2D eigenvalue weighted by Crippen LogP contribution is -2.55. The summed E-state index contributed by atoms with van der Waals surface area (Å²) in [6.07, 6.45) is 0.807. The number of halogens is 1. The fourth-order valence-corrected chi connectivity index (χ4v) is 2.10. The Bertz CT molecular complexity index is 408. The lowest BCUT2D eigenvalue weighted by atomic mass is 10.0. The predicted octanol–water partition coefficient (Wildman–Crippen LogP) is 1.10. The summed E-state index contributed by atoms with van der Waals surface area (Å²) < 4.78 is 0.843. The fourth-order valence-electron chi connectivity index (χ4n) is 1.75. The zero-order valence-electron chi connectivity index (χ0n) is 8.11. The van der Waals surface area contributed by atoms with Gasteiger partial charge in [0.1, 0.15) is 6.04 Å². The first-order valence-electron chi connectivity index (χ1n) is 4.71. The SMILES string of the molecule is NC(=O)C1CCN1c1cccc(Br)c1N. The average Bonchev–Trinajstić information content (AvgIpc) is 2.10. The highest BCUT2D eigenvalue weighted by molar-refractivity contribution is 9.10. The maximum atomic E-state index is 11.1. The van der Waals surface area contributed by atoms with Crippen molar-refractivity contribution < 1.29 is 4.79 Å². The van der Waals surface area contributed by atoms with E-state index in [1.807, 2.05) is 23.1 Å². The van der Waals surface area contributed by atoms with Crippen LogP contribution in [0.5, 0.6) is 0 Å². The summed E-state index contributed by atoms with van der Waals surface area (Å²) in [4.78, 5) is 13.0. The predicted molar refractivity (Wildman–Crippen MR) is 63.5 cm³/mol. The van der Waals surface area contributed by atoms with E-state index in [1.165, 1.54) is 0 Å². The van der Waals surface area contributed by atoms with Crippen molar-refractivity contribution in [2.45, 2.75) is 12.5 Å². The average molecular weight is 270 g/mol. The second kappa shape index (κ2) is 3.73. The van der Waals surface area contributed by atoms with Crippen molar-refractivity contribution in [3.63, 3.8) is 0 Å². The van der Waals surface area contributed by atoms with Crippen LogP contribution in [0.4, 0.5) is 11.4 Å². The van der Waals surface area contributed by atoms with Gasteiger partial charge in [0.2, 0.25) is 5.91 Å². The Kier molecular flexibility index (Phi) is 2.56. The molecule has 4 N–H and O–H groups in total. The molecule has 1 fully saturated rings. The van der Waals surface area contributed by atoms with Gasteiger partial charge in [-0.1, -0.05) is 6.07 Å². The molecule has 1 aromatic carbocycles. The van der Waals surface area contributed by atoms with Crippen LogP contribution in [-0.2, 0) is 4.79 Å². The quantitative estimate of drug-likeness (QED) is 0.790. The number of hydrogen-bond acceptors (Lipinski definition) is 3. The Balaban J connectivity index is 2.31.